The van der Waals surface area contributed by atoms with Gasteiger partial charge in [0.25, 0.3) is 5.91 Å². The SMILES string of the molecule is Cc1cc(=O)oc(C)c1C(=O)NCCN(C(C)C)C(C)C. The van der Waals surface area contributed by atoms with Crippen LogP contribution in [0.2, 0.25) is 0 Å². The summed E-state index contributed by atoms with van der Waals surface area (Å²) >= 11 is 0. The second-order valence-electron chi connectivity index (χ2n) is 5.86. The summed E-state index contributed by atoms with van der Waals surface area (Å²) in [6, 6.07) is 2.21. The molecule has 0 radical (unpaired) electrons. The van der Waals surface area contributed by atoms with E-state index in [9.17, 15) is 9.59 Å². The first-order chi connectivity index (χ1) is 9.73. The van der Waals surface area contributed by atoms with Gasteiger partial charge in [-0.15, -0.1) is 0 Å². The van der Waals surface area contributed by atoms with Crippen LogP contribution in [0.25, 0.3) is 0 Å². The number of hydrogen-bond acceptors (Lipinski definition) is 4. The molecule has 1 rings (SSSR count). The van der Waals surface area contributed by atoms with Gasteiger partial charge in [0.2, 0.25) is 0 Å². The van der Waals surface area contributed by atoms with Crippen LogP contribution in [0.4, 0.5) is 0 Å². The largest absolute Gasteiger partial charge is 0.427 e. The first-order valence-corrected chi connectivity index (χ1v) is 7.39. The van der Waals surface area contributed by atoms with Crippen molar-refractivity contribution in [1.29, 1.82) is 0 Å². The van der Waals surface area contributed by atoms with E-state index in [0.717, 1.165) is 6.54 Å². The van der Waals surface area contributed by atoms with Gasteiger partial charge in [-0.1, -0.05) is 0 Å². The molecule has 0 fully saturated rings. The second-order valence-corrected chi connectivity index (χ2v) is 5.86. The third-order valence-corrected chi connectivity index (χ3v) is 3.54. The monoisotopic (exact) mass is 294 g/mol. The Kier molecular flexibility index (Phi) is 6.15. The number of nitrogens with zero attached hydrogens (tertiary/aromatic N) is 1. The number of amides is 1. The van der Waals surface area contributed by atoms with E-state index in [0.29, 0.717) is 35.5 Å². The van der Waals surface area contributed by atoms with Crippen LogP contribution in [-0.4, -0.2) is 36.0 Å². The second kappa shape index (κ2) is 7.41. The molecule has 0 aromatic carbocycles. The maximum atomic E-state index is 12.2. The Hall–Kier alpha value is -1.62. The Morgan fingerprint density at radius 2 is 1.81 bits per heavy atom. The van der Waals surface area contributed by atoms with Gasteiger partial charge < -0.3 is 9.73 Å². The highest BCUT2D eigenvalue weighted by Gasteiger charge is 2.16. The van der Waals surface area contributed by atoms with Crippen molar-refractivity contribution in [1.82, 2.24) is 10.2 Å². The third kappa shape index (κ3) is 4.70. The Morgan fingerprint density at radius 1 is 1.24 bits per heavy atom. The Bertz CT molecular complexity index is 513. The molecule has 21 heavy (non-hydrogen) atoms. The zero-order valence-electron chi connectivity index (χ0n) is 13.8. The molecule has 0 aliphatic heterocycles. The standard InChI is InChI=1S/C16H26N2O3/c1-10(2)18(11(3)4)8-7-17-16(20)15-12(5)9-14(19)21-13(15)6/h9-11H,7-8H2,1-6H3,(H,17,20). The molecule has 1 aromatic heterocycles. The molecular weight excluding hydrogens is 268 g/mol. The van der Waals surface area contributed by atoms with Crippen LogP contribution in [0.1, 0.15) is 49.4 Å². The highest BCUT2D eigenvalue weighted by molar-refractivity contribution is 5.96. The van der Waals surface area contributed by atoms with Gasteiger partial charge >= 0.3 is 5.63 Å². The number of carbonyl (C=O) groups is 1. The molecule has 1 N–H and O–H groups in total. The van der Waals surface area contributed by atoms with Crippen molar-refractivity contribution in [2.45, 2.75) is 53.6 Å². The first-order valence-electron chi connectivity index (χ1n) is 7.39. The minimum absolute atomic E-state index is 0.193. The van der Waals surface area contributed by atoms with Crippen LogP contribution in [0.3, 0.4) is 0 Å². The lowest BCUT2D eigenvalue weighted by Crippen LogP contribution is -2.42. The Balaban J connectivity index is 2.69. The number of hydrogen-bond donors (Lipinski definition) is 1. The summed E-state index contributed by atoms with van der Waals surface area (Å²) in [6.07, 6.45) is 0. The van der Waals surface area contributed by atoms with E-state index >= 15 is 0 Å². The van der Waals surface area contributed by atoms with Crippen molar-refractivity contribution < 1.29 is 9.21 Å². The van der Waals surface area contributed by atoms with Gasteiger partial charge in [0.05, 0.1) is 5.56 Å². The molecule has 0 unspecified atom stereocenters. The normalized spacial score (nSPS) is 11.5. The van der Waals surface area contributed by atoms with Crippen molar-refractivity contribution in [3.05, 3.63) is 33.4 Å². The Labute approximate surface area is 126 Å². The zero-order valence-corrected chi connectivity index (χ0v) is 13.8. The van der Waals surface area contributed by atoms with Crippen molar-refractivity contribution in [3.8, 4) is 0 Å². The van der Waals surface area contributed by atoms with Gasteiger partial charge in [-0.05, 0) is 47.1 Å². The van der Waals surface area contributed by atoms with Gasteiger partial charge in [0, 0.05) is 31.2 Å². The summed E-state index contributed by atoms with van der Waals surface area (Å²) in [5.74, 6) is 0.170. The molecule has 1 heterocycles. The predicted octanol–water partition coefficient (Wildman–Crippen LogP) is 2.11. The fourth-order valence-electron chi connectivity index (χ4n) is 2.60. The quantitative estimate of drug-likeness (QED) is 0.873. The number of nitrogens with one attached hydrogen (secondary N) is 1. The Morgan fingerprint density at radius 3 is 2.29 bits per heavy atom. The molecule has 1 aromatic rings. The fourth-order valence-corrected chi connectivity index (χ4v) is 2.60. The van der Waals surface area contributed by atoms with Gasteiger partial charge in [0.15, 0.2) is 0 Å². The molecule has 0 saturated heterocycles. The minimum Gasteiger partial charge on any atom is -0.427 e. The third-order valence-electron chi connectivity index (χ3n) is 3.54. The lowest BCUT2D eigenvalue weighted by molar-refractivity contribution is 0.0935. The van der Waals surface area contributed by atoms with E-state index in [1.807, 2.05) is 0 Å². The number of aryl methyl sites for hydroxylation is 2. The number of carbonyl (C=O) groups excluding carboxylic acids is 1. The van der Waals surface area contributed by atoms with Gasteiger partial charge in [-0.2, -0.15) is 0 Å². The summed E-state index contributed by atoms with van der Waals surface area (Å²) in [4.78, 5) is 25.8. The lowest BCUT2D eigenvalue weighted by Gasteiger charge is -2.30. The molecule has 0 bridgehead atoms. The average molecular weight is 294 g/mol. The smallest absolute Gasteiger partial charge is 0.336 e. The van der Waals surface area contributed by atoms with Crippen LogP contribution in [0, 0.1) is 13.8 Å². The van der Waals surface area contributed by atoms with Crippen LogP contribution < -0.4 is 10.9 Å². The van der Waals surface area contributed by atoms with E-state index in [1.165, 1.54) is 6.07 Å². The highest BCUT2D eigenvalue weighted by atomic mass is 16.4. The van der Waals surface area contributed by atoms with Crippen molar-refractivity contribution >= 4 is 5.91 Å². The van der Waals surface area contributed by atoms with Crippen molar-refractivity contribution in [3.63, 3.8) is 0 Å². The topological polar surface area (TPSA) is 62.6 Å². The van der Waals surface area contributed by atoms with E-state index in [1.54, 1.807) is 13.8 Å². The van der Waals surface area contributed by atoms with E-state index in [-0.39, 0.29) is 5.91 Å². The zero-order chi connectivity index (χ0) is 16.2. The predicted molar refractivity (Wildman–Crippen MR) is 83.8 cm³/mol. The van der Waals surface area contributed by atoms with Crippen LogP contribution >= 0.6 is 0 Å². The maximum Gasteiger partial charge on any atom is 0.336 e. The molecule has 5 nitrogen and oxygen atoms in total. The molecule has 0 saturated carbocycles. The minimum atomic E-state index is -0.424. The molecule has 118 valence electrons. The molecule has 5 heteroatoms. The average Bonchev–Trinajstić information content (AvgIpc) is 2.32. The van der Waals surface area contributed by atoms with Crippen molar-refractivity contribution in [2.75, 3.05) is 13.1 Å². The van der Waals surface area contributed by atoms with E-state index in [4.69, 9.17) is 4.42 Å². The molecule has 1 amide bonds. The fraction of sp³-hybridized carbons (Fsp3) is 0.625. The number of rotatable bonds is 6. The summed E-state index contributed by atoms with van der Waals surface area (Å²) in [5.41, 5.74) is 0.674. The molecule has 0 atom stereocenters. The highest BCUT2D eigenvalue weighted by Crippen LogP contribution is 2.10. The van der Waals surface area contributed by atoms with Crippen LogP contribution in [0.15, 0.2) is 15.3 Å². The molecule has 0 aliphatic carbocycles. The van der Waals surface area contributed by atoms with E-state index < -0.39 is 5.63 Å². The summed E-state index contributed by atoms with van der Waals surface area (Å²) in [7, 11) is 0. The molecule has 0 aliphatic rings. The maximum absolute atomic E-state index is 12.2. The lowest BCUT2D eigenvalue weighted by atomic mass is 10.1. The van der Waals surface area contributed by atoms with Crippen LogP contribution in [-0.2, 0) is 0 Å². The van der Waals surface area contributed by atoms with Crippen LogP contribution in [0.5, 0.6) is 0 Å². The summed E-state index contributed by atoms with van der Waals surface area (Å²) in [6.45, 7) is 13.3. The summed E-state index contributed by atoms with van der Waals surface area (Å²) in [5, 5.41) is 2.90. The van der Waals surface area contributed by atoms with Gasteiger partial charge in [0.1, 0.15) is 5.76 Å². The molecular formula is C16H26N2O3. The van der Waals surface area contributed by atoms with Gasteiger partial charge in [-0.3, -0.25) is 9.69 Å². The first kappa shape index (κ1) is 17.4. The van der Waals surface area contributed by atoms with Crippen molar-refractivity contribution in [2.24, 2.45) is 0 Å². The van der Waals surface area contributed by atoms with Gasteiger partial charge in [-0.25, -0.2) is 4.79 Å². The molecule has 0 spiro atoms. The summed E-state index contributed by atoms with van der Waals surface area (Å²) < 4.78 is 4.99. The van der Waals surface area contributed by atoms with E-state index in [2.05, 4.69) is 37.9 Å².